The number of carbonyl (C=O) groups is 2. The van der Waals surface area contributed by atoms with E-state index in [4.69, 9.17) is 9.90 Å². The Morgan fingerprint density at radius 2 is 1.32 bits per heavy atom. The SMILES string of the molecule is CC(=O)O.CCC=CCCCCCCCCCC=O. The quantitative estimate of drug-likeness (QED) is 0.335. The van der Waals surface area contributed by atoms with E-state index in [1.807, 2.05) is 0 Å². The predicted molar refractivity (Wildman–Crippen MR) is 80.4 cm³/mol. The van der Waals surface area contributed by atoms with Crippen LogP contribution in [0.25, 0.3) is 0 Å². The van der Waals surface area contributed by atoms with Crippen LogP contribution in [0.3, 0.4) is 0 Å². The normalized spacial score (nSPS) is 10.0. The van der Waals surface area contributed by atoms with Crippen molar-refractivity contribution in [2.45, 2.75) is 78.1 Å². The van der Waals surface area contributed by atoms with Crippen LogP contribution in [0.15, 0.2) is 12.2 Å². The molecule has 112 valence electrons. The molecule has 19 heavy (non-hydrogen) atoms. The third kappa shape index (κ3) is 31.6. The van der Waals surface area contributed by atoms with E-state index in [0.717, 1.165) is 32.5 Å². The third-order valence-corrected chi connectivity index (χ3v) is 2.60. The lowest BCUT2D eigenvalue weighted by Crippen LogP contribution is -1.81. The average Bonchev–Trinajstić information content (AvgIpc) is 2.35. The van der Waals surface area contributed by atoms with Crippen molar-refractivity contribution < 1.29 is 14.7 Å². The number of carbonyl (C=O) groups excluding carboxylic acids is 1. The molecule has 0 aliphatic rings. The Balaban J connectivity index is 0. The van der Waals surface area contributed by atoms with Gasteiger partial charge in [0.05, 0.1) is 0 Å². The van der Waals surface area contributed by atoms with Crippen molar-refractivity contribution >= 4 is 12.3 Å². The topological polar surface area (TPSA) is 54.4 Å². The number of hydrogen-bond acceptors (Lipinski definition) is 2. The van der Waals surface area contributed by atoms with Crippen LogP contribution in [0, 0.1) is 0 Å². The minimum atomic E-state index is -0.833. The molecule has 1 N–H and O–H groups in total. The molecular formula is C16H30O3. The van der Waals surface area contributed by atoms with Crippen LogP contribution in [0.2, 0.25) is 0 Å². The van der Waals surface area contributed by atoms with Gasteiger partial charge >= 0.3 is 0 Å². The maximum Gasteiger partial charge on any atom is 0.300 e. The molecule has 0 fully saturated rings. The van der Waals surface area contributed by atoms with E-state index < -0.39 is 5.97 Å². The first-order chi connectivity index (χ1) is 9.15. The van der Waals surface area contributed by atoms with Crippen LogP contribution < -0.4 is 0 Å². The van der Waals surface area contributed by atoms with Gasteiger partial charge in [0.15, 0.2) is 0 Å². The van der Waals surface area contributed by atoms with Gasteiger partial charge in [0.1, 0.15) is 6.29 Å². The monoisotopic (exact) mass is 270 g/mol. The molecule has 3 nitrogen and oxygen atoms in total. The Morgan fingerprint density at radius 1 is 0.895 bits per heavy atom. The maximum absolute atomic E-state index is 10.1. The predicted octanol–water partition coefficient (Wildman–Crippen LogP) is 4.75. The number of hydrogen-bond donors (Lipinski definition) is 1. The molecule has 3 heteroatoms. The van der Waals surface area contributed by atoms with Gasteiger partial charge in [-0.2, -0.15) is 0 Å². The molecule has 0 atom stereocenters. The third-order valence-electron chi connectivity index (χ3n) is 2.60. The molecule has 0 radical (unpaired) electrons. The second-order valence-electron chi connectivity index (χ2n) is 4.62. The second-order valence-corrected chi connectivity index (χ2v) is 4.62. The van der Waals surface area contributed by atoms with E-state index in [-0.39, 0.29) is 0 Å². The highest BCUT2D eigenvalue weighted by Gasteiger charge is 1.90. The fraction of sp³-hybridized carbons (Fsp3) is 0.750. The van der Waals surface area contributed by atoms with Gasteiger partial charge in [-0.15, -0.1) is 0 Å². The Hall–Kier alpha value is -1.12. The van der Waals surface area contributed by atoms with E-state index in [2.05, 4.69) is 19.1 Å². The number of carboxylic acids is 1. The van der Waals surface area contributed by atoms with E-state index in [1.165, 1.54) is 44.9 Å². The Labute approximate surface area is 118 Å². The van der Waals surface area contributed by atoms with E-state index in [1.54, 1.807) is 0 Å². The summed E-state index contributed by atoms with van der Waals surface area (Å²) in [5, 5.41) is 7.42. The zero-order valence-corrected chi connectivity index (χ0v) is 12.6. The highest BCUT2D eigenvalue weighted by molar-refractivity contribution is 5.62. The molecule has 0 unspecified atom stereocenters. The van der Waals surface area contributed by atoms with Gasteiger partial charge in [-0.3, -0.25) is 4.79 Å². The number of carboxylic acid groups (broad SMARTS) is 1. The van der Waals surface area contributed by atoms with Gasteiger partial charge < -0.3 is 9.90 Å². The van der Waals surface area contributed by atoms with Gasteiger partial charge in [0.2, 0.25) is 0 Å². The first-order valence-corrected chi connectivity index (χ1v) is 7.43. The second kappa shape index (κ2) is 19.2. The van der Waals surface area contributed by atoms with Gasteiger partial charge in [0.25, 0.3) is 5.97 Å². The van der Waals surface area contributed by atoms with Crippen molar-refractivity contribution in [3.63, 3.8) is 0 Å². The van der Waals surface area contributed by atoms with Crippen molar-refractivity contribution in [3.8, 4) is 0 Å². The Bertz CT molecular complexity index is 218. The zero-order valence-electron chi connectivity index (χ0n) is 12.6. The molecule has 0 saturated carbocycles. The molecule has 0 bridgehead atoms. The lowest BCUT2D eigenvalue weighted by molar-refractivity contribution is -0.134. The fourth-order valence-electron chi connectivity index (χ4n) is 1.66. The first kappa shape index (κ1) is 20.2. The molecule has 0 aromatic carbocycles. The summed E-state index contributed by atoms with van der Waals surface area (Å²) in [7, 11) is 0. The van der Waals surface area contributed by atoms with Crippen molar-refractivity contribution in [3.05, 3.63) is 12.2 Å². The summed E-state index contributed by atoms with van der Waals surface area (Å²) >= 11 is 0. The van der Waals surface area contributed by atoms with E-state index >= 15 is 0 Å². The molecule has 0 heterocycles. The average molecular weight is 270 g/mol. The number of rotatable bonds is 11. The van der Waals surface area contributed by atoms with Crippen molar-refractivity contribution in [2.24, 2.45) is 0 Å². The molecule has 0 spiro atoms. The largest absolute Gasteiger partial charge is 0.481 e. The smallest absolute Gasteiger partial charge is 0.300 e. The highest BCUT2D eigenvalue weighted by Crippen LogP contribution is 2.09. The summed E-state index contributed by atoms with van der Waals surface area (Å²) in [6.07, 6.45) is 17.8. The summed E-state index contributed by atoms with van der Waals surface area (Å²) in [5.41, 5.74) is 0. The maximum atomic E-state index is 10.1. The van der Waals surface area contributed by atoms with E-state index in [0.29, 0.717) is 0 Å². The highest BCUT2D eigenvalue weighted by atomic mass is 16.4. The molecule has 0 aliphatic carbocycles. The van der Waals surface area contributed by atoms with Gasteiger partial charge in [0, 0.05) is 13.3 Å². The minimum Gasteiger partial charge on any atom is -0.481 e. The van der Waals surface area contributed by atoms with Crippen LogP contribution in [0.5, 0.6) is 0 Å². The molecule has 0 amide bonds. The van der Waals surface area contributed by atoms with Crippen LogP contribution >= 0.6 is 0 Å². The van der Waals surface area contributed by atoms with Crippen LogP contribution in [0.4, 0.5) is 0 Å². The van der Waals surface area contributed by atoms with Crippen LogP contribution in [-0.4, -0.2) is 17.4 Å². The molecule has 0 aromatic heterocycles. The molecule has 0 rings (SSSR count). The Kier molecular flexibility index (Phi) is 20.4. The van der Waals surface area contributed by atoms with Gasteiger partial charge in [-0.25, -0.2) is 0 Å². The number of aldehydes is 1. The summed E-state index contributed by atoms with van der Waals surface area (Å²) in [4.78, 5) is 19.1. The zero-order chi connectivity index (χ0) is 14.8. The first-order valence-electron chi connectivity index (χ1n) is 7.43. The van der Waals surface area contributed by atoms with Crippen molar-refractivity contribution in [1.82, 2.24) is 0 Å². The summed E-state index contributed by atoms with van der Waals surface area (Å²) in [6.45, 7) is 3.26. The number of allylic oxidation sites excluding steroid dienone is 2. The van der Waals surface area contributed by atoms with E-state index in [9.17, 15) is 4.79 Å². The summed E-state index contributed by atoms with van der Waals surface area (Å²) in [5.74, 6) is -0.833. The number of unbranched alkanes of at least 4 members (excludes halogenated alkanes) is 8. The fourth-order valence-corrected chi connectivity index (χ4v) is 1.66. The van der Waals surface area contributed by atoms with Gasteiger partial charge in [-0.1, -0.05) is 51.2 Å². The lowest BCUT2D eigenvalue weighted by atomic mass is 10.1. The Morgan fingerprint density at radius 3 is 1.74 bits per heavy atom. The number of aliphatic carboxylic acids is 1. The standard InChI is InChI=1S/C14H26O.C2H4O2/c1-2-3-4-5-6-7-8-9-10-11-12-13-14-15;1-2(3)4/h3-4,14H,2,5-13H2,1H3;1H3,(H,3,4). The molecule has 0 aliphatic heterocycles. The summed E-state index contributed by atoms with van der Waals surface area (Å²) < 4.78 is 0. The van der Waals surface area contributed by atoms with Gasteiger partial charge in [-0.05, 0) is 25.7 Å². The summed E-state index contributed by atoms with van der Waals surface area (Å²) in [6, 6.07) is 0. The van der Waals surface area contributed by atoms with Crippen LogP contribution in [-0.2, 0) is 9.59 Å². The molecule has 0 saturated heterocycles. The molecule has 0 aromatic rings. The van der Waals surface area contributed by atoms with Crippen LogP contribution in [0.1, 0.15) is 78.1 Å². The lowest BCUT2D eigenvalue weighted by Gasteiger charge is -1.99. The molecular weight excluding hydrogens is 240 g/mol. The minimum absolute atomic E-state index is 0.752. The van der Waals surface area contributed by atoms with Crippen molar-refractivity contribution in [2.75, 3.05) is 0 Å². The van der Waals surface area contributed by atoms with Crippen molar-refractivity contribution in [1.29, 1.82) is 0 Å².